The van der Waals surface area contributed by atoms with Crippen molar-refractivity contribution in [3.05, 3.63) is 33.9 Å². The highest BCUT2D eigenvalue weighted by molar-refractivity contribution is 5.94. The molecular weight excluding hydrogens is 174 g/mol. The van der Waals surface area contributed by atoms with Crippen molar-refractivity contribution >= 4 is 11.5 Å². The van der Waals surface area contributed by atoms with Crippen molar-refractivity contribution in [3.63, 3.8) is 0 Å². The summed E-state index contributed by atoms with van der Waals surface area (Å²) in [5, 5.41) is 21.2. The first-order valence-electron chi connectivity index (χ1n) is 3.49. The molecule has 0 amide bonds. The topological polar surface area (TPSA) is 83.3 Å². The van der Waals surface area contributed by atoms with Crippen LogP contribution in [0.2, 0.25) is 0 Å². The fraction of sp³-hybridized carbons (Fsp3) is 0.125. The van der Waals surface area contributed by atoms with Crippen molar-refractivity contribution in [2.45, 2.75) is 6.92 Å². The van der Waals surface area contributed by atoms with Crippen LogP contribution in [0.4, 0.5) is 5.69 Å². The minimum absolute atomic E-state index is 0.173. The lowest BCUT2D eigenvalue weighted by molar-refractivity contribution is -0.398. The van der Waals surface area contributed by atoms with E-state index in [1.165, 1.54) is 13.0 Å². The average Bonchev–Trinajstić information content (AvgIpc) is 2.04. The Morgan fingerprint density at radius 1 is 1.46 bits per heavy atom. The fourth-order valence-electron chi connectivity index (χ4n) is 0.879. The highest BCUT2D eigenvalue weighted by Gasteiger charge is 2.09. The number of nitro benzene ring substituents is 1. The second-order valence-corrected chi connectivity index (χ2v) is 2.50. The largest absolute Gasteiger partial charge is 0.868 e. The molecule has 1 rings (SSSR count). The zero-order valence-electron chi connectivity index (χ0n) is 6.81. The fourth-order valence-corrected chi connectivity index (χ4v) is 0.879. The van der Waals surface area contributed by atoms with Gasteiger partial charge in [0.2, 0.25) is 0 Å². The molecule has 0 saturated heterocycles. The summed E-state index contributed by atoms with van der Waals surface area (Å²) in [6, 6.07) is 3.29. The smallest absolute Gasteiger partial charge is 0.262 e. The predicted molar refractivity (Wildman–Crippen MR) is 42.5 cm³/mol. The van der Waals surface area contributed by atoms with E-state index in [4.69, 9.17) is 0 Å². The lowest BCUT2D eigenvalue weighted by atomic mass is 10.1. The molecule has 0 fully saturated rings. The van der Waals surface area contributed by atoms with Crippen LogP contribution >= 0.6 is 0 Å². The van der Waals surface area contributed by atoms with Gasteiger partial charge in [0.1, 0.15) is 0 Å². The summed E-state index contributed by atoms with van der Waals surface area (Å²) in [7, 11) is 0. The molecule has 0 radical (unpaired) electrons. The number of Topliss-reactive ketones (excluding diaryl/α,β-unsaturated/α-hetero) is 1. The quantitative estimate of drug-likeness (QED) is 0.384. The molecule has 0 aromatic heterocycles. The molecule has 0 N–H and O–H groups in total. The third-order valence-corrected chi connectivity index (χ3v) is 1.56. The normalized spacial score (nSPS) is 9.62. The molecule has 0 saturated carbocycles. The second kappa shape index (κ2) is 3.22. The SMILES string of the molecule is CC(=O)c1ccc([O-])c([N+](=O)[O-])c1. The maximum atomic E-state index is 10.9. The van der Waals surface area contributed by atoms with Crippen LogP contribution in [0.15, 0.2) is 18.2 Å². The van der Waals surface area contributed by atoms with Gasteiger partial charge in [-0.25, -0.2) is 0 Å². The molecule has 5 heteroatoms. The van der Waals surface area contributed by atoms with Gasteiger partial charge < -0.3 is 5.11 Å². The van der Waals surface area contributed by atoms with Crippen molar-refractivity contribution in [1.82, 2.24) is 0 Å². The van der Waals surface area contributed by atoms with Crippen molar-refractivity contribution < 1.29 is 14.8 Å². The lowest BCUT2D eigenvalue weighted by Crippen LogP contribution is -2.00. The lowest BCUT2D eigenvalue weighted by Gasteiger charge is -2.06. The predicted octanol–water partition coefficient (Wildman–Crippen LogP) is 0.871. The van der Waals surface area contributed by atoms with E-state index < -0.39 is 16.4 Å². The van der Waals surface area contributed by atoms with Gasteiger partial charge in [-0.3, -0.25) is 14.9 Å². The summed E-state index contributed by atoms with van der Waals surface area (Å²) in [6.07, 6.45) is 0. The van der Waals surface area contributed by atoms with Crippen LogP contribution in [0.1, 0.15) is 17.3 Å². The number of hydrogen-bond acceptors (Lipinski definition) is 4. The highest BCUT2D eigenvalue weighted by atomic mass is 16.6. The summed E-state index contributed by atoms with van der Waals surface area (Å²) in [6.45, 7) is 1.28. The molecule has 0 bridgehead atoms. The van der Waals surface area contributed by atoms with Crippen LogP contribution in [-0.4, -0.2) is 10.7 Å². The van der Waals surface area contributed by atoms with Crippen LogP contribution in [-0.2, 0) is 0 Å². The molecule has 0 aliphatic heterocycles. The molecule has 0 atom stereocenters. The van der Waals surface area contributed by atoms with Gasteiger partial charge in [-0.15, -0.1) is 0 Å². The standard InChI is InChI=1S/C8H7NO4/c1-5(10)6-2-3-8(11)7(4-6)9(12)13/h2-4,11H,1H3/p-1. The summed E-state index contributed by atoms with van der Waals surface area (Å²) in [5.41, 5.74) is -0.390. The Morgan fingerprint density at radius 3 is 2.54 bits per heavy atom. The molecular formula is C8H6NO4-. The summed E-state index contributed by atoms with van der Waals surface area (Å²) in [5.74, 6) is -0.988. The van der Waals surface area contributed by atoms with E-state index in [-0.39, 0.29) is 11.3 Å². The third-order valence-electron chi connectivity index (χ3n) is 1.56. The Balaban J connectivity index is 3.27. The number of carbonyl (C=O) groups excluding carboxylic acids is 1. The van der Waals surface area contributed by atoms with E-state index in [0.717, 1.165) is 12.1 Å². The molecule has 0 spiro atoms. The van der Waals surface area contributed by atoms with Gasteiger partial charge in [-0.05, 0) is 12.7 Å². The number of ketones is 1. The highest BCUT2D eigenvalue weighted by Crippen LogP contribution is 2.23. The van der Waals surface area contributed by atoms with Gasteiger partial charge in [-0.2, -0.15) is 0 Å². The average molecular weight is 180 g/mol. The molecule has 1 aromatic carbocycles. The molecule has 68 valence electrons. The van der Waals surface area contributed by atoms with E-state index in [2.05, 4.69) is 0 Å². The Hall–Kier alpha value is -1.91. The summed E-state index contributed by atoms with van der Waals surface area (Å²) in [4.78, 5) is 20.3. The van der Waals surface area contributed by atoms with Crippen LogP contribution in [0.25, 0.3) is 0 Å². The van der Waals surface area contributed by atoms with Gasteiger partial charge >= 0.3 is 0 Å². The van der Waals surface area contributed by atoms with Gasteiger partial charge in [0, 0.05) is 11.6 Å². The minimum Gasteiger partial charge on any atom is -0.868 e. The maximum absolute atomic E-state index is 10.9. The Labute approximate surface area is 73.8 Å². The Morgan fingerprint density at radius 2 is 2.08 bits per heavy atom. The first kappa shape index (κ1) is 9.18. The summed E-state index contributed by atoms with van der Waals surface area (Å²) >= 11 is 0. The van der Waals surface area contributed by atoms with E-state index in [1.54, 1.807) is 0 Å². The van der Waals surface area contributed by atoms with E-state index in [9.17, 15) is 20.0 Å². The van der Waals surface area contributed by atoms with E-state index in [1.807, 2.05) is 0 Å². The van der Waals surface area contributed by atoms with Crippen LogP contribution in [0.5, 0.6) is 5.75 Å². The van der Waals surface area contributed by atoms with Crippen LogP contribution in [0.3, 0.4) is 0 Å². The maximum Gasteiger partial charge on any atom is 0.262 e. The van der Waals surface area contributed by atoms with Crippen molar-refractivity contribution in [3.8, 4) is 5.75 Å². The molecule has 0 heterocycles. The number of nitro groups is 1. The van der Waals surface area contributed by atoms with Gasteiger partial charge in [0.05, 0.1) is 4.92 Å². The van der Waals surface area contributed by atoms with Crippen LogP contribution < -0.4 is 5.11 Å². The number of carbonyl (C=O) groups is 1. The van der Waals surface area contributed by atoms with Crippen LogP contribution in [0, 0.1) is 10.1 Å². The first-order valence-corrected chi connectivity index (χ1v) is 3.49. The third kappa shape index (κ3) is 1.81. The number of benzene rings is 1. The minimum atomic E-state index is -0.797. The van der Waals surface area contributed by atoms with Crippen molar-refractivity contribution in [2.24, 2.45) is 0 Å². The second-order valence-electron chi connectivity index (χ2n) is 2.50. The van der Waals surface area contributed by atoms with Gasteiger partial charge in [0.15, 0.2) is 5.78 Å². The molecule has 0 aliphatic rings. The van der Waals surface area contributed by atoms with Gasteiger partial charge in [-0.1, -0.05) is 12.1 Å². The zero-order chi connectivity index (χ0) is 10.0. The molecule has 1 aromatic rings. The van der Waals surface area contributed by atoms with Crippen molar-refractivity contribution in [1.29, 1.82) is 0 Å². The Bertz CT molecular complexity index is 372. The summed E-state index contributed by atoms with van der Waals surface area (Å²) < 4.78 is 0. The first-order chi connectivity index (χ1) is 6.02. The number of hydrogen-bond donors (Lipinski definition) is 0. The number of nitrogens with zero attached hydrogens (tertiary/aromatic N) is 1. The molecule has 0 unspecified atom stereocenters. The molecule has 0 aliphatic carbocycles. The van der Waals surface area contributed by atoms with E-state index >= 15 is 0 Å². The zero-order valence-corrected chi connectivity index (χ0v) is 6.81. The molecule has 5 nitrogen and oxygen atoms in total. The number of rotatable bonds is 2. The van der Waals surface area contributed by atoms with Crippen molar-refractivity contribution in [2.75, 3.05) is 0 Å². The monoisotopic (exact) mass is 180 g/mol. The van der Waals surface area contributed by atoms with Gasteiger partial charge in [0.25, 0.3) is 5.69 Å². The Kier molecular flexibility index (Phi) is 2.27. The van der Waals surface area contributed by atoms with E-state index in [0.29, 0.717) is 0 Å². The molecule has 13 heavy (non-hydrogen) atoms.